The highest BCUT2D eigenvalue weighted by atomic mass is 32.2. The first-order valence-electron chi connectivity index (χ1n) is 10.1. The fraction of sp³-hybridized carbons (Fsp3) is 0.318. The predicted molar refractivity (Wildman–Crippen MR) is 125 cm³/mol. The SMILES string of the molecule is Cn1ccnc1SCC(=O)Nc1ccc(C(=O)N2CCN(Cc3cccs3)CC2)cc1. The van der Waals surface area contributed by atoms with Gasteiger partial charge < -0.3 is 14.8 Å². The number of hydrogen-bond donors (Lipinski definition) is 1. The van der Waals surface area contributed by atoms with Crippen LogP contribution in [0.25, 0.3) is 0 Å². The highest BCUT2D eigenvalue weighted by Crippen LogP contribution is 2.18. The zero-order valence-electron chi connectivity index (χ0n) is 17.4. The molecule has 0 spiro atoms. The molecule has 9 heteroatoms. The Kier molecular flexibility index (Phi) is 7.06. The minimum Gasteiger partial charge on any atom is -0.336 e. The van der Waals surface area contributed by atoms with Crippen molar-refractivity contribution in [1.82, 2.24) is 19.4 Å². The molecule has 0 unspecified atom stereocenters. The molecule has 31 heavy (non-hydrogen) atoms. The molecular formula is C22H25N5O2S2. The number of aryl methyl sites for hydroxylation is 1. The lowest BCUT2D eigenvalue weighted by atomic mass is 10.1. The van der Waals surface area contributed by atoms with E-state index >= 15 is 0 Å². The van der Waals surface area contributed by atoms with E-state index in [1.54, 1.807) is 41.8 Å². The fourth-order valence-corrected chi connectivity index (χ4v) is 4.91. The number of imidazole rings is 1. The Morgan fingerprint density at radius 1 is 1.13 bits per heavy atom. The zero-order valence-corrected chi connectivity index (χ0v) is 19.0. The molecule has 1 N–H and O–H groups in total. The minimum absolute atomic E-state index is 0.0407. The van der Waals surface area contributed by atoms with E-state index in [1.165, 1.54) is 16.6 Å². The van der Waals surface area contributed by atoms with Crippen molar-refractivity contribution in [2.45, 2.75) is 11.7 Å². The zero-order chi connectivity index (χ0) is 21.6. The Hall–Kier alpha value is -2.62. The van der Waals surface area contributed by atoms with Crippen molar-refractivity contribution in [1.29, 1.82) is 0 Å². The van der Waals surface area contributed by atoms with Gasteiger partial charge in [-0.15, -0.1) is 11.3 Å². The van der Waals surface area contributed by atoms with E-state index in [2.05, 4.69) is 32.7 Å². The number of carbonyl (C=O) groups excluding carboxylic acids is 2. The Balaban J connectivity index is 1.24. The van der Waals surface area contributed by atoms with Crippen LogP contribution in [0.2, 0.25) is 0 Å². The third-order valence-corrected chi connectivity index (χ3v) is 7.06. The van der Waals surface area contributed by atoms with Gasteiger partial charge in [-0.1, -0.05) is 17.8 Å². The van der Waals surface area contributed by atoms with Crippen LogP contribution in [0.3, 0.4) is 0 Å². The maximum atomic E-state index is 12.8. The average molecular weight is 456 g/mol. The molecule has 0 aliphatic carbocycles. The molecule has 1 aromatic carbocycles. The fourth-order valence-electron chi connectivity index (χ4n) is 3.43. The van der Waals surface area contributed by atoms with Gasteiger partial charge in [-0.05, 0) is 35.7 Å². The van der Waals surface area contributed by atoms with Gasteiger partial charge >= 0.3 is 0 Å². The number of thiophene rings is 1. The van der Waals surface area contributed by atoms with E-state index in [-0.39, 0.29) is 17.6 Å². The van der Waals surface area contributed by atoms with Gasteiger partial charge in [0.2, 0.25) is 5.91 Å². The lowest BCUT2D eigenvalue weighted by Crippen LogP contribution is -2.48. The van der Waals surface area contributed by atoms with Gasteiger partial charge in [0.1, 0.15) is 0 Å². The second-order valence-electron chi connectivity index (χ2n) is 7.38. The van der Waals surface area contributed by atoms with Crippen molar-refractivity contribution in [2.24, 2.45) is 7.05 Å². The molecule has 1 fully saturated rings. The minimum atomic E-state index is -0.103. The highest BCUT2D eigenvalue weighted by Gasteiger charge is 2.22. The first-order valence-corrected chi connectivity index (χ1v) is 12.0. The number of nitrogens with zero attached hydrogens (tertiary/aromatic N) is 4. The van der Waals surface area contributed by atoms with Crippen molar-refractivity contribution in [3.63, 3.8) is 0 Å². The van der Waals surface area contributed by atoms with Gasteiger partial charge in [0.05, 0.1) is 5.75 Å². The van der Waals surface area contributed by atoms with Crippen LogP contribution in [0.5, 0.6) is 0 Å². The van der Waals surface area contributed by atoms with Gasteiger partial charge in [-0.3, -0.25) is 14.5 Å². The smallest absolute Gasteiger partial charge is 0.253 e. The quantitative estimate of drug-likeness (QED) is 0.554. The second kappa shape index (κ2) is 10.1. The van der Waals surface area contributed by atoms with Crippen molar-refractivity contribution < 1.29 is 9.59 Å². The van der Waals surface area contributed by atoms with E-state index in [0.29, 0.717) is 11.3 Å². The van der Waals surface area contributed by atoms with Crippen LogP contribution in [-0.4, -0.2) is 63.1 Å². The second-order valence-corrected chi connectivity index (χ2v) is 9.36. The maximum Gasteiger partial charge on any atom is 0.253 e. The summed E-state index contributed by atoms with van der Waals surface area (Å²) in [7, 11) is 1.90. The summed E-state index contributed by atoms with van der Waals surface area (Å²) in [6, 6.07) is 11.3. The van der Waals surface area contributed by atoms with E-state index in [4.69, 9.17) is 0 Å². The lowest BCUT2D eigenvalue weighted by Gasteiger charge is -2.34. The largest absolute Gasteiger partial charge is 0.336 e. The summed E-state index contributed by atoms with van der Waals surface area (Å²) < 4.78 is 1.88. The first kappa shape index (κ1) is 21.6. The average Bonchev–Trinajstić information content (AvgIpc) is 3.44. The van der Waals surface area contributed by atoms with Gasteiger partial charge in [-0.2, -0.15) is 0 Å². The van der Waals surface area contributed by atoms with Crippen LogP contribution in [-0.2, 0) is 18.4 Å². The topological polar surface area (TPSA) is 70.5 Å². The Bertz CT molecular complexity index is 1010. The summed E-state index contributed by atoms with van der Waals surface area (Å²) >= 11 is 3.16. The van der Waals surface area contributed by atoms with E-state index in [0.717, 1.165) is 37.9 Å². The van der Waals surface area contributed by atoms with Gasteiger partial charge in [0.25, 0.3) is 5.91 Å². The van der Waals surface area contributed by atoms with Crippen molar-refractivity contribution in [3.8, 4) is 0 Å². The monoisotopic (exact) mass is 455 g/mol. The summed E-state index contributed by atoms with van der Waals surface area (Å²) in [5.74, 6) is 0.217. The molecule has 0 atom stereocenters. The van der Waals surface area contributed by atoms with E-state index in [9.17, 15) is 9.59 Å². The molecule has 162 valence electrons. The molecule has 0 saturated carbocycles. The molecule has 7 nitrogen and oxygen atoms in total. The number of anilines is 1. The molecule has 4 rings (SSSR count). The first-order chi connectivity index (χ1) is 15.1. The van der Waals surface area contributed by atoms with Gasteiger partial charge in [0.15, 0.2) is 5.16 Å². The van der Waals surface area contributed by atoms with Crippen molar-refractivity contribution >= 4 is 40.6 Å². The number of piperazine rings is 1. The molecule has 3 heterocycles. The number of nitrogens with one attached hydrogen (secondary N) is 1. The Labute approximate surface area is 190 Å². The Morgan fingerprint density at radius 3 is 2.55 bits per heavy atom. The standard InChI is InChI=1S/C22H25N5O2S2/c1-25-9-8-23-22(25)31-16-20(28)24-18-6-4-17(5-7-18)21(29)27-12-10-26(11-13-27)15-19-3-2-14-30-19/h2-9,14H,10-13,15-16H2,1H3,(H,24,28). The van der Waals surface area contributed by atoms with Crippen molar-refractivity contribution in [3.05, 3.63) is 64.6 Å². The number of hydrogen-bond acceptors (Lipinski definition) is 6. The maximum absolute atomic E-state index is 12.8. The highest BCUT2D eigenvalue weighted by molar-refractivity contribution is 7.99. The van der Waals surface area contributed by atoms with Crippen LogP contribution in [0.4, 0.5) is 5.69 Å². The number of aromatic nitrogens is 2. The van der Waals surface area contributed by atoms with Crippen LogP contribution in [0, 0.1) is 0 Å². The molecular weight excluding hydrogens is 430 g/mol. The van der Waals surface area contributed by atoms with Crippen LogP contribution < -0.4 is 5.32 Å². The summed E-state index contributed by atoms with van der Waals surface area (Å²) in [5.41, 5.74) is 1.33. The molecule has 0 bridgehead atoms. The summed E-state index contributed by atoms with van der Waals surface area (Å²) in [5, 5.41) is 5.76. The molecule has 3 aromatic rings. The third kappa shape index (κ3) is 5.75. The van der Waals surface area contributed by atoms with Gasteiger partial charge in [-0.25, -0.2) is 4.98 Å². The number of carbonyl (C=O) groups is 2. The Morgan fingerprint density at radius 2 is 1.90 bits per heavy atom. The van der Waals surface area contributed by atoms with Crippen LogP contribution >= 0.6 is 23.1 Å². The molecule has 1 aliphatic heterocycles. The van der Waals surface area contributed by atoms with Gasteiger partial charge in [0, 0.05) is 68.3 Å². The molecule has 0 radical (unpaired) electrons. The summed E-state index contributed by atoms with van der Waals surface area (Å²) in [4.78, 5) is 34.9. The lowest BCUT2D eigenvalue weighted by molar-refractivity contribution is -0.113. The van der Waals surface area contributed by atoms with Crippen molar-refractivity contribution in [2.75, 3.05) is 37.2 Å². The summed E-state index contributed by atoms with van der Waals surface area (Å²) in [6.45, 7) is 4.17. The number of rotatable bonds is 7. The normalized spacial score (nSPS) is 14.5. The number of benzene rings is 1. The molecule has 2 aromatic heterocycles. The molecule has 2 amide bonds. The molecule has 1 saturated heterocycles. The van der Waals surface area contributed by atoms with Crippen LogP contribution in [0.1, 0.15) is 15.2 Å². The number of thioether (sulfide) groups is 1. The van der Waals surface area contributed by atoms with E-state index in [1.807, 2.05) is 22.7 Å². The van der Waals surface area contributed by atoms with E-state index < -0.39 is 0 Å². The third-order valence-electron chi connectivity index (χ3n) is 5.14. The molecule has 1 aliphatic rings. The number of amides is 2. The predicted octanol–water partition coefficient (Wildman–Crippen LogP) is 3.17. The summed E-state index contributed by atoms with van der Waals surface area (Å²) in [6.07, 6.45) is 3.55. The van der Waals surface area contributed by atoms with Crippen LogP contribution in [0.15, 0.2) is 59.3 Å².